The topological polar surface area (TPSA) is 78.9 Å². The Balaban J connectivity index is 1.44. The largest absolute Gasteiger partial charge is 0.496 e. The molecule has 0 saturated carbocycles. The summed E-state index contributed by atoms with van der Waals surface area (Å²) in [5.74, 6) is 0.260. The van der Waals surface area contributed by atoms with E-state index in [1.807, 2.05) is 54.6 Å². The van der Waals surface area contributed by atoms with Crippen molar-refractivity contribution in [3.8, 4) is 5.75 Å². The molecule has 1 aliphatic heterocycles. The average Bonchev–Trinajstić information content (AvgIpc) is 3.34. The highest BCUT2D eigenvalue weighted by molar-refractivity contribution is 7.89. The fraction of sp³-hybridized carbons (Fsp3) is 0.261. The van der Waals surface area contributed by atoms with E-state index in [2.05, 4.69) is 10.2 Å². The van der Waals surface area contributed by atoms with Crippen LogP contribution in [0.5, 0.6) is 5.75 Å². The standard InChI is InChI=1S/C23H25N3O4S2/c1-30-20-10-6-5-7-18(20)17-24-23(27)22-21(11-16-31-22)32(28,29)26-14-12-25(13-15-26)19-8-3-2-4-9-19/h2-11,16H,12-15,17H2,1H3,(H,24,27). The van der Waals surface area contributed by atoms with Crippen molar-refractivity contribution >= 4 is 33.0 Å². The van der Waals surface area contributed by atoms with Crippen molar-refractivity contribution in [1.29, 1.82) is 0 Å². The summed E-state index contributed by atoms with van der Waals surface area (Å²) in [6, 6.07) is 18.9. The van der Waals surface area contributed by atoms with Crippen molar-refractivity contribution in [3.05, 3.63) is 76.5 Å². The molecule has 1 amide bonds. The number of carbonyl (C=O) groups is 1. The molecular formula is C23H25N3O4S2. The van der Waals surface area contributed by atoms with Crippen molar-refractivity contribution in [2.45, 2.75) is 11.4 Å². The average molecular weight is 472 g/mol. The Labute approximate surface area is 192 Å². The third-order valence-electron chi connectivity index (χ3n) is 5.45. The summed E-state index contributed by atoms with van der Waals surface area (Å²) in [6.07, 6.45) is 0. The molecule has 0 bridgehead atoms. The third kappa shape index (κ3) is 4.64. The molecule has 1 saturated heterocycles. The van der Waals surface area contributed by atoms with Crippen LogP contribution in [-0.4, -0.2) is 51.9 Å². The zero-order valence-corrected chi connectivity index (χ0v) is 19.4. The summed E-state index contributed by atoms with van der Waals surface area (Å²) < 4.78 is 33.4. The molecule has 0 unspecified atom stereocenters. The molecule has 2 heterocycles. The quantitative estimate of drug-likeness (QED) is 0.573. The molecule has 0 spiro atoms. The fourth-order valence-electron chi connectivity index (χ4n) is 3.74. The summed E-state index contributed by atoms with van der Waals surface area (Å²) in [7, 11) is -2.19. The number of para-hydroxylation sites is 2. The normalized spacial score (nSPS) is 14.8. The molecule has 0 atom stereocenters. The van der Waals surface area contributed by atoms with Crippen molar-refractivity contribution in [2.24, 2.45) is 0 Å². The highest BCUT2D eigenvalue weighted by atomic mass is 32.2. The number of sulfonamides is 1. The Morgan fingerprint density at radius 3 is 2.41 bits per heavy atom. The van der Waals surface area contributed by atoms with E-state index in [-0.39, 0.29) is 16.3 Å². The van der Waals surface area contributed by atoms with Gasteiger partial charge in [0.2, 0.25) is 10.0 Å². The first-order valence-corrected chi connectivity index (χ1v) is 12.6. The van der Waals surface area contributed by atoms with Gasteiger partial charge in [-0.3, -0.25) is 4.79 Å². The number of carbonyl (C=O) groups excluding carboxylic acids is 1. The van der Waals surface area contributed by atoms with E-state index < -0.39 is 15.9 Å². The van der Waals surface area contributed by atoms with Gasteiger partial charge in [-0.2, -0.15) is 4.31 Å². The number of thiophene rings is 1. The van der Waals surface area contributed by atoms with Gasteiger partial charge in [-0.05, 0) is 29.6 Å². The number of hydrogen-bond donors (Lipinski definition) is 1. The van der Waals surface area contributed by atoms with E-state index in [0.717, 1.165) is 22.6 Å². The lowest BCUT2D eigenvalue weighted by Gasteiger charge is -2.35. The smallest absolute Gasteiger partial charge is 0.263 e. The lowest BCUT2D eigenvalue weighted by atomic mass is 10.2. The molecule has 3 aromatic rings. The predicted molar refractivity (Wildman–Crippen MR) is 126 cm³/mol. The third-order valence-corrected chi connectivity index (χ3v) is 8.43. The number of rotatable bonds is 7. The number of methoxy groups -OCH3 is 1. The number of hydrogen-bond acceptors (Lipinski definition) is 6. The fourth-order valence-corrected chi connectivity index (χ4v) is 6.47. The maximum Gasteiger partial charge on any atom is 0.263 e. The zero-order valence-electron chi connectivity index (χ0n) is 17.7. The lowest BCUT2D eigenvalue weighted by Crippen LogP contribution is -2.48. The molecule has 0 aliphatic carbocycles. The molecule has 2 aromatic carbocycles. The van der Waals surface area contributed by atoms with Gasteiger partial charge in [0, 0.05) is 44.0 Å². The van der Waals surface area contributed by atoms with Gasteiger partial charge in [0.25, 0.3) is 5.91 Å². The molecule has 168 valence electrons. The first kappa shape index (κ1) is 22.3. The molecular weight excluding hydrogens is 446 g/mol. The maximum atomic E-state index is 13.3. The molecule has 1 N–H and O–H groups in total. The van der Waals surface area contributed by atoms with Gasteiger partial charge in [-0.1, -0.05) is 36.4 Å². The second-order valence-corrected chi connectivity index (χ2v) is 10.2. The summed E-state index contributed by atoms with van der Waals surface area (Å²) in [4.78, 5) is 15.3. The second kappa shape index (κ2) is 9.72. The predicted octanol–water partition coefficient (Wildman–Crippen LogP) is 3.20. The van der Waals surface area contributed by atoms with Gasteiger partial charge < -0.3 is 15.0 Å². The number of amides is 1. The van der Waals surface area contributed by atoms with Gasteiger partial charge in [0.05, 0.1) is 7.11 Å². The van der Waals surface area contributed by atoms with Crippen molar-refractivity contribution < 1.29 is 17.9 Å². The molecule has 4 rings (SSSR count). The molecule has 1 aliphatic rings. The Bertz CT molecular complexity index is 1170. The number of benzene rings is 2. The minimum Gasteiger partial charge on any atom is -0.496 e. The van der Waals surface area contributed by atoms with Crippen LogP contribution >= 0.6 is 11.3 Å². The number of nitrogens with one attached hydrogen (secondary N) is 1. The van der Waals surface area contributed by atoms with Crippen molar-refractivity contribution in [1.82, 2.24) is 9.62 Å². The van der Waals surface area contributed by atoms with Crippen LogP contribution in [0.1, 0.15) is 15.2 Å². The van der Waals surface area contributed by atoms with E-state index in [4.69, 9.17) is 4.74 Å². The SMILES string of the molecule is COc1ccccc1CNC(=O)c1sccc1S(=O)(=O)N1CCN(c2ccccc2)CC1. The van der Waals surface area contributed by atoms with Crippen LogP contribution in [0.4, 0.5) is 5.69 Å². The monoisotopic (exact) mass is 471 g/mol. The number of anilines is 1. The van der Waals surface area contributed by atoms with Gasteiger partial charge in [0.1, 0.15) is 15.5 Å². The number of piperazine rings is 1. The van der Waals surface area contributed by atoms with Gasteiger partial charge in [-0.15, -0.1) is 11.3 Å². The van der Waals surface area contributed by atoms with E-state index in [0.29, 0.717) is 31.9 Å². The lowest BCUT2D eigenvalue weighted by molar-refractivity contribution is 0.0951. The van der Waals surface area contributed by atoms with Crippen LogP contribution < -0.4 is 15.0 Å². The van der Waals surface area contributed by atoms with Crippen LogP contribution in [0.2, 0.25) is 0 Å². The molecule has 1 fully saturated rings. The summed E-state index contributed by atoms with van der Waals surface area (Å²) in [5, 5.41) is 4.46. The molecule has 1 aromatic heterocycles. The molecule has 7 nitrogen and oxygen atoms in total. The molecule has 0 radical (unpaired) electrons. The zero-order chi connectivity index (χ0) is 22.6. The van der Waals surface area contributed by atoms with Crippen LogP contribution in [-0.2, 0) is 16.6 Å². The summed E-state index contributed by atoms with van der Waals surface area (Å²) >= 11 is 1.13. The second-order valence-electron chi connectivity index (χ2n) is 7.34. The Hall–Kier alpha value is -2.88. The van der Waals surface area contributed by atoms with Crippen LogP contribution in [0.25, 0.3) is 0 Å². The van der Waals surface area contributed by atoms with Crippen LogP contribution in [0, 0.1) is 0 Å². The van der Waals surface area contributed by atoms with Gasteiger partial charge in [0.15, 0.2) is 0 Å². The Kier molecular flexibility index (Phi) is 6.78. The molecule has 9 heteroatoms. The highest BCUT2D eigenvalue weighted by Crippen LogP contribution is 2.27. The maximum absolute atomic E-state index is 13.3. The van der Waals surface area contributed by atoms with Crippen LogP contribution in [0.15, 0.2) is 70.9 Å². The van der Waals surface area contributed by atoms with Crippen molar-refractivity contribution in [3.63, 3.8) is 0 Å². The number of ether oxygens (including phenoxy) is 1. The Morgan fingerprint density at radius 1 is 1.00 bits per heavy atom. The van der Waals surface area contributed by atoms with Gasteiger partial charge in [-0.25, -0.2) is 8.42 Å². The summed E-state index contributed by atoms with van der Waals surface area (Å²) in [5.41, 5.74) is 1.90. The number of nitrogens with zero attached hydrogens (tertiary/aromatic N) is 2. The van der Waals surface area contributed by atoms with Crippen molar-refractivity contribution in [2.75, 3.05) is 38.2 Å². The van der Waals surface area contributed by atoms with Gasteiger partial charge >= 0.3 is 0 Å². The minimum absolute atomic E-state index is 0.0631. The highest BCUT2D eigenvalue weighted by Gasteiger charge is 2.32. The Morgan fingerprint density at radius 2 is 1.69 bits per heavy atom. The minimum atomic E-state index is -3.76. The van der Waals surface area contributed by atoms with E-state index in [1.54, 1.807) is 12.5 Å². The summed E-state index contributed by atoms with van der Waals surface area (Å²) in [6.45, 7) is 2.19. The molecule has 32 heavy (non-hydrogen) atoms. The van der Waals surface area contributed by atoms with E-state index in [1.165, 1.54) is 10.4 Å². The van der Waals surface area contributed by atoms with E-state index >= 15 is 0 Å². The van der Waals surface area contributed by atoms with E-state index in [9.17, 15) is 13.2 Å². The first-order chi connectivity index (χ1) is 15.5. The first-order valence-electron chi connectivity index (χ1n) is 10.3. The van der Waals surface area contributed by atoms with Crippen LogP contribution in [0.3, 0.4) is 0 Å².